The molecule has 0 bridgehead atoms. The van der Waals surface area contributed by atoms with E-state index in [1.807, 2.05) is 0 Å². The van der Waals surface area contributed by atoms with Crippen molar-refractivity contribution >= 4 is 34.9 Å². The minimum atomic E-state index is -0.753. The second-order valence-electron chi connectivity index (χ2n) is 6.73. The quantitative estimate of drug-likeness (QED) is 0.219. The maximum Gasteiger partial charge on any atom is 0.301 e. The number of benzene rings is 3. The fraction of sp³-hybridized carbons (Fsp3) is 0.136. The number of nitrogens with zero attached hydrogens (tertiary/aromatic N) is 3. The number of non-ortho nitro benzene ring substituents is 1. The first-order valence-corrected chi connectivity index (χ1v) is 10.2. The fourth-order valence-electron chi connectivity index (χ4n) is 2.89. The zero-order valence-corrected chi connectivity index (χ0v) is 18.5. The SMILES string of the molecule is CCOc1cc(/C=N/Nc2ccc([N+](=O)[O-])cc2[N+](=O)[O-])cc(Cl)c1OCc1ccccc1F. The average Bonchev–Trinajstić information content (AvgIpc) is 2.79. The van der Waals surface area contributed by atoms with Gasteiger partial charge in [0.2, 0.25) is 0 Å². The first kappa shape index (κ1) is 24.4. The Morgan fingerprint density at radius 2 is 1.85 bits per heavy atom. The molecule has 0 aliphatic rings. The van der Waals surface area contributed by atoms with E-state index in [1.165, 1.54) is 24.4 Å². The zero-order valence-electron chi connectivity index (χ0n) is 17.7. The van der Waals surface area contributed by atoms with Crippen LogP contribution in [0.3, 0.4) is 0 Å². The normalized spacial score (nSPS) is 10.8. The van der Waals surface area contributed by atoms with Crippen LogP contribution in [0.25, 0.3) is 0 Å². The molecule has 34 heavy (non-hydrogen) atoms. The molecule has 3 aromatic carbocycles. The second kappa shape index (κ2) is 11.1. The number of anilines is 1. The number of ether oxygens (including phenoxy) is 2. The summed E-state index contributed by atoms with van der Waals surface area (Å²) in [6.45, 7) is 2.01. The number of hydrazone groups is 1. The number of nitro groups is 2. The zero-order chi connectivity index (χ0) is 24.7. The predicted molar refractivity (Wildman–Crippen MR) is 124 cm³/mol. The molecule has 1 N–H and O–H groups in total. The topological polar surface area (TPSA) is 129 Å². The monoisotopic (exact) mass is 488 g/mol. The summed E-state index contributed by atoms with van der Waals surface area (Å²) in [6, 6.07) is 12.4. The van der Waals surface area contributed by atoms with Crippen LogP contribution >= 0.6 is 11.6 Å². The van der Waals surface area contributed by atoms with Crippen LogP contribution in [0.5, 0.6) is 11.5 Å². The Kier molecular flexibility index (Phi) is 7.93. The van der Waals surface area contributed by atoms with Gasteiger partial charge in [0, 0.05) is 11.6 Å². The molecular weight excluding hydrogens is 471 g/mol. The highest BCUT2D eigenvalue weighted by Crippen LogP contribution is 2.37. The summed E-state index contributed by atoms with van der Waals surface area (Å²) in [5, 5.41) is 26.2. The van der Waals surface area contributed by atoms with Crippen LogP contribution in [-0.4, -0.2) is 22.7 Å². The molecule has 12 heteroatoms. The Morgan fingerprint density at radius 3 is 2.53 bits per heavy atom. The molecule has 0 aromatic heterocycles. The van der Waals surface area contributed by atoms with E-state index in [9.17, 15) is 24.6 Å². The minimum Gasteiger partial charge on any atom is -0.490 e. The van der Waals surface area contributed by atoms with Crippen LogP contribution in [0.2, 0.25) is 5.02 Å². The van der Waals surface area contributed by atoms with Gasteiger partial charge in [-0.05, 0) is 36.8 Å². The molecule has 0 atom stereocenters. The second-order valence-corrected chi connectivity index (χ2v) is 7.14. The standard InChI is InChI=1S/C22H18ClFN4O6/c1-2-33-21-10-14(9-17(23)22(21)34-13-15-5-3-4-6-18(15)24)12-25-26-19-8-7-16(27(29)30)11-20(19)28(31)32/h3-12,26H,2,13H2,1H3/b25-12+. The van der Waals surface area contributed by atoms with Crippen molar-refractivity contribution < 1.29 is 23.7 Å². The fourth-order valence-corrected chi connectivity index (χ4v) is 3.16. The van der Waals surface area contributed by atoms with Crippen molar-refractivity contribution in [3.63, 3.8) is 0 Å². The van der Waals surface area contributed by atoms with E-state index >= 15 is 0 Å². The van der Waals surface area contributed by atoms with Gasteiger partial charge in [0.15, 0.2) is 11.5 Å². The van der Waals surface area contributed by atoms with Crippen LogP contribution < -0.4 is 14.9 Å². The first-order chi connectivity index (χ1) is 16.3. The Labute approximate surface area is 197 Å². The molecule has 176 valence electrons. The van der Waals surface area contributed by atoms with E-state index in [4.69, 9.17) is 21.1 Å². The molecule has 3 rings (SSSR count). The molecular formula is C22H18ClFN4O6. The number of halogens is 2. The lowest BCUT2D eigenvalue weighted by Gasteiger charge is -2.14. The van der Waals surface area contributed by atoms with Gasteiger partial charge in [-0.1, -0.05) is 29.8 Å². The van der Waals surface area contributed by atoms with E-state index in [-0.39, 0.29) is 23.1 Å². The largest absolute Gasteiger partial charge is 0.490 e. The predicted octanol–water partition coefficient (Wildman–Crippen LogP) is 5.72. The van der Waals surface area contributed by atoms with Gasteiger partial charge in [-0.25, -0.2) is 4.39 Å². The number of hydrogen-bond acceptors (Lipinski definition) is 8. The summed E-state index contributed by atoms with van der Waals surface area (Å²) in [5.41, 5.74) is 2.37. The summed E-state index contributed by atoms with van der Waals surface area (Å²) >= 11 is 6.35. The minimum absolute atomic E-state index is 0.0344. The Balaban J connectivity index is 1.81. The van der Waals surface area contributed by atoms with Gasteiger partial charge in [0.25, 0.3) is 5.69 Å². The van der Waals surface area contributed by atoms with Gasteiger partial charge in [-0.3, -0.25) is 25.7 Å². The molecule has 0 aliphatic heterocycles. The van der Waals surface area contributed by atoms with Crippen molar-refractivity contribution in [1.29, 1.82) is 0 Å². The van der Waals surface area contributed by atoms with Crippen LogP contribution in [0.1, 0.15) is 18.1 Å². The van der Waals surface area contributed by atoms with Gasteiger partial charge in [-0.2, -0.15) is 5.10 Å². The van der Waals surface area contributed by atoms with E-state index in [0.29, 0.717) is 23.5 Å². The molecule has 0 heterocycles. The lowest BCUT2D eigenvalue weighted by atomic mass is 10.2. The Morgan fingerprint density at radius 1 is 1.09 bits per heavy atom. The van der Waals surface area contributed by atoms with Crippen LogP contribution in [0.4, 0.5) is 21.5 Å². The summed E-state index contributed by atoms with van der Waals surface area (Å²) in [6.07, 6.45) is 1.33. The Hall–Kier alpha value is -4.25. The molecule has 0 radical (unpaired) electrons. The number of nitro benzene ring substituents is 2. The highest BCUT2D eigenvalue weighted by molar-refractivity contribution is 6.32. The molecule has 0 saturated carbocycles. The third kappa shape index (κ3) is 5.95. The first-order valence-electron chi connectivity index (χ1n) is 9.84. The summed E-state index contributed by atoms with van der Waals surface area (Å²) in [4.78, 5) is 20.6. The third-order valence-electron chi connectivity index (χ3n) is 4.45. The van der Waals surface area contributed by atoms with Gasteiger partial charge in [-0.15, -0.1) is 0 Å². The Bertz CT molecular complexity index is 1250. The third-order valence-corrected chi connectivity index (χ3v) is 4.73. The summed E-state index contributed by atoms with van der Waals surface area (Å²) in [5.74, 6) is 0.115. The van der Waals surface area contributed by atoms with E-state index < -0.39 is 27.0 Å². The highest BCUT2D eigenvalue weighted by atomic mass is 35.5. The molecule has 0 spiro atoms. The smallest absolute Gasteiger partial charge is 0.301 e. The molecule has 0 amide bonds. The van der Waals surface area contributed by atoms with Crippen molar-refractivity contribution in [2.24, 2.45) is 5.10 Å². The lowest BCUT2D eigenvalue weighted by Crippen LogP contribution is -2.03. The maximum atomic E-state index is 13.9. The molecule has 10 nitrogen and oxygen atoms in total. The molecule has 0 aliphatic carbocycles. The number of rotatable bonds is 10. The summed E-state index contributed by atoms with van der Waals surface area (Å²) < 4.78 is 25.2. The van der Waals surface area contributed by atoms with Crippen LogP contribution in [-0.2, 0) is 6.61 Å². The van der Waals surface area contributed by atoms with E-state index in [1.54, 1.807) is 31.2 Å². The molecule has 3 aromatic rings. The van der Waals surface area contributed by atoms with Gasteiger partial charge in [0.1, 0.15) is 18.1 Å². The van der Waals surface area contributed by atoms with Gasteiger partial charge < -0.3 is 9.47 Å². The highest BCUT2D eigenvalue weighted by Gasteiger charge is 2.19. The van der Waals surface area contributed by atoms with Gasteiger partial charge >= 0.3 is 5.69 Å². The number of nitrogens with one attached hydrogen (secondary N) is 1. The maximum absolute atomic E-state index is 13.9. The van der Waals surface area contributed by atoms with Crippen molar-refractivity contribution in [3.8, 4) is 11.5 Å². The van der Waals surface area contributed by atoms with Crippen molar-refractivity contribution in [1.82, 2.24) is 0 Å². The van der Waals surface area contributed by atoms with Crippen molar-refractivity contribution in [3.05, 3.63) is 96.8 Å². The van der Waals surface area contributed by atoms with Crippen molar-refractivity contribution in [2.45, 2.75) is 13.5 Å². The molecule has 0 unspecified atom stereocenters. The lowest BCUT2D eigenvalue weighted by molar-refractivity contribution is -0.393. The van der Waals surface area contributed by atoms with E-state index in [0.717, 1.165) is 12.1 Å². The van der Waals surface area contributed by atoms with E-state index in [2.05, 4.69) is 10.5 Å². The number of hydrogen-bond donors (Lipinski definition) is 1. The summed E-state index contributed by atoms with van der Waals surface area (Å²) in [7, 11) is 0. The van der Waals surface area contributed by atoms with Crippen molar-refractivity contribution in [2.75, 3.05) is 12.0 Å². The van der Waals surface area contributed by atoms with Crippen LogP contribution in [0.15, 0.2) is 59.7 Å². The average molecular weight is 489 g/mol. The van der Waals surface area contributed by atoms with Crippen LogP contribution in [0, 0.1) is 26.0 Å². The van der Waals surface area contributed by atoms with Gasteiger partial charge in [0.05, 0.1) is 33.8 Å². The molecule has 0 fully saturated rings. The molecule has 0 saturated heterocycles.